The lowest BCUT2D eigenvalue weighted by atomic mass is 10.2. The second-order valence-corrected chi connectivity index (χ2v) is 3.24. The second-order valence-electron chi connectivity index (χ2n) is 3.24. The summed E-state index contributed by atoms with van der Waals surface area (Å²) in [6.45, 7) is 2.61. The Kier molecular flexibility index (Phi) is 2.63. The molecule has 0 aliphatic rings. The van der Waals surface area contributed by atoms with E-state index in [1.165, 1.54) is 0 Å². The first-order valence-corrected chi connectivity index (χ1v) is 4.97. The van der Waals surface area contributed by atoms with Crippen LogP contribution < -0.4 is 10.5 Å². The molecule has 0 radical (unpaired) electrons. The minimum atomic E-state index is 0.655. The summed E-state index contributed by atoms with van der Waals surface area (Å²) >= 11 is 0. The standard InChI is InChI=1S/C12H14N2O/c1-2-15-10-5-6-12(11(13)9-10)14-7-3-4-8-14/h3-9H,2,13H2,1H3. The molecule has 0 unspecified atom stereocenters. The van der Waals surface area contributed by atoms with Gasteiger partial charge in [0.2, 0.25) is 0 Å². The van der Waals surface area contributed by atoms with Crippen LogP contribution in [0.15, 0.2) is 42.7 Å². The van der Waals surface area contributed by atoms with Crippen LogP contribution in [0.5, 0.6) is 5.75 Å². The van der Waals surface area contributed by atoms with E-state index in [1.807, 2.05) is 54.2 Å². The summed E-state index contributed by atoms with van der Waals surface area (Å²) in [6, 6.07) is 9.67. The topological polar surface area (TPSA) is 40.2 Å². The summed E-state index contributed by atoms with van der Waals surface area (Å²) in [6.07, 6.45) is 3.93. The van der Waals surface area contributed by atoms with E-state index in [4.69, 9.17) is 10.5 Å². The van der Waals surface area contributed by atoms with Crippen LogP contribution in [0.3, 0.4) is 0 Å². The Hall–Kier alpha value is -1.90. The van der Waals surface area contributed by atoms with Gasteiger partial charge in [-0.1, -0.05) is 0 Å². The quantitative estimate of drug-likeness (QED) is 0.776. The van der Waals surface area contributed by atoms with Crippen molar-refractivity contribution in [2.24, 2.45) is 0 Å². The second kappa shape index (κ2) is 4.09. The number of anilines is 1. The molecule has 2 aromatic rings. The molecule has 0 aliphatic heterocycles. The van der Waals surface area contributed by atoms with Gasteiger partial charge in [-0.25, -0.2) is 0 Å². The van der Waals surface area contributed by atoms with Crippen LogP contribution in [0, 0.1) is 0 Å². The van der Waals surface area contributed by atoms with Crippen molar-refractivity contribution in [1.82, 2.24) is 4.57 Å². The first kappa shape index (κ1) is 9.65. The van der Waals surface area contributed by atoms with Gasteiger partial charge in [-0.3, -0.25) is 0 Å². The molecule has 0 aliphatic carbocycles. The largest absolute Gasteiger partial charge is 0.494 e. The van der Waals surface area contributed by atoms with E-state index in [0.717, 1.165) is 17.1 Å². The predicted octanol–water partition coefficient (Wildman–Crippen LogP) is 2.46. The molecule has 1 aromatic carbocycles. The molecule has 3 nitrogen and oxygen atoms in total. The van der Waals surface area contributed by atoms with Crippen molar-refractivity contribution in [3.05, 3.63) is 42.7 Å². The zero-order valence-electron chi connectivity index (χ0n) is 8.68. The molecule has 0 amide bonds. The van der Waals surface area contributed by atoms with Gasteiger partial charge in [0.15, 0.2) is 0 Å². The SMILES string of the molecule is CCOc1ccc(-n2cccc2)c(N)c1. The highest BCUT2D eigenvalue weighted by Gasteiger charge is 2.02. The molecule has 0 atom stereocenters. The lowest BCUT2D eigenvalue weighted by Gasteiger charge is -2.09. The van der Waals surface area contributed by atoms with E-state index < -0.39 is 0 Å². The smallest absolute Gasteiger partial charge is 0.121 e. The third kappa shape index (κ3) is 1.96. The fourth-order valence-electron chi connectivity index (χ4n) is 1.52. The van der Waals surface area contributed by atoms with Crippen LogP contribution in [0.4, 0.5) is 5.69 Å². The van der Waals surface area contributed by atoms with E-state index >= 15 is 0 Å². The van der Waals surface area contributed by atoms with Crippen LogP contribution in [0.25, 0.3) is 5.69 Å². The monoisotopic (exact) mass is 202 g/mol. The normalized spacial score (nSPS) is 10.2. The van der Waals surface area contributed by atoms with Crippen LogP contribution in [-0.2, 0) is 0 Å². The third-order valence-corrected chi connectivity index (χ3v) is 2.19. The van der Waals surface area contributed by atoms with Gasteiger partial charge in [-0.05, 0) is 31.2 Å². The summed E-state index contributed by atoms with van der Waals surface area (Å²) in [5, 5.41) is 0. The zero-order valence-corrected chi connectivity index (χ0v) is 8.68. The van der Waals surface area contributed by atoms with Gasteiger partial charge in [-0.15, -0.1) is 0 Å². The van der Waals surface area contributed by atoms with Gasteiger partial charge < -0.3 is 15.0 Å². The van der Waals surface area contributed by atoms with Crippen LogP contribution >= 0.6 is 0 Å². The number of rotatable bonds is 3. The van der Waals surface area contributed by atoms with Crippen LogP contribution in [-0.4, -0.2) is 11.2 Å². The summed E-state index contributed by atoms with van der Waals surface area (Å²) in [5.41, 5.74) is 7.64. The molecule has 1 heterocycles. The highest BCUT2D eigenvalue weighted by Crippen LogP contribution is 2.23. The number of hydrogen-bond donors (Lipinski definition) is 1. The molecule has 15 heavy (non-hydrogen) atoms. The first-order chi connectivity index (χ1) is 7.31. The Balaban J connectivity index is 2.35. The summed E-state index contributed by atoms with van der Waals surface area (Å²) in [7, 11) is 0. The average molecular weight is 202 g/mol. The number of hydrogen-bond acceptors (Lipinski definition) is 2. The van der Waals surface area contributed by atoms with E-state index in [1.54, 1.807) is 0 Å². The highest BCUT2D eigenvalue weighted by atomic mass is 16.5. The van der Waals surface area contributed by atoms with E-state index in [9.17, 15) is 0 Å². The summed E-state index contributed by atoms with van der Waals surface area (Å²) in [5.74, 6) is 0.811. The van der Waals surface area contributed by atoms with Crippen molar-refractivity contribution in [3.63, 3.8) is 0 Å². The minimum Gasteiger partial charge on any atom is -0.494 e. The molecule has 0 saturated carbocycles. The molecule has 0 spiro atoms. The maximum absolute atomic E-state index is 5.94. The lowest BCUT2D eigenvalue weighted by Crippen LogP contribution is -1.99. The number of nitrogens with zero attached hydrogens (tertiary/aromatic N) is 1. The van der Waals surface area contributed by atoms with E-state index in [-0.39, 0.29) is 0 Å². The third-order valence-electron chi connectivity index (χ3n) is 2.19. The fraction of sp³-hybridized carbons (Fsp3) is 0.167. The van der Waals surface area contributed by atoms with Gasteiger partial charge in [0.05, 0.1) is 18.0 Å². The average Bonchev–Trinajstić information content (AvgIpc) is 2.71. The molecule has 2 N–H and O–H groups in total. The van der Waals surface area contributed by atoms with Crippen molar-refractivity contribution < 1.29 is 4.74 Å². The van der Waals surface area contributed by atoms with Gasteiger partial charge in [0.1, 0.15) is 5.75 Å². The molecule has 78 valence electrons. The number of aromatic nitrogens is 1. The number of nitrogen functional groups attached to an aromatic ring is 1. The zero-order chi connectivity index (χ0) is 10.7. The van der Waals surface area contributed by atoms with Crippen molar-refractivity contribution in [1.29, 1.82) is 0 Å². The Bertz CT molecular complexity index is 435. The van der Waals surface area contributed by atoms with Gasteiger partial charge in [0.25, 0.3) is 0 Å². The molecule has 0 fully saturated rings. The highest BCUT2D eigenvalue weighted by molar-refractivity contribution is 5.60. The summed E-state index contributed by atoms with van der Waals surface area (Å²) < 4.78 is 7.35. The van der Waals surface area contributed by atoms with Gasteiger partial charge >= 0.3 is 0 Å². The molecule has 0 bridgehead atoms. The summed E-state index contributed by atoms with van der Waals surface area (Å²) in [4.78, 5) is 0. The molecule has 0 saturated heterocycles. The maximum atomic E-state index is 5.94. The number of ether oxygens (including phenoxy) is 1. The molecule has 1 aromatic heterocycles. The van der Waals surface area contributed by atoms with Gasteiger partial charge in [-0.2, -0.15) is 0 Å². The molecular formula is C12H14N2O. The predicted molar refractivity (Wildman–Crippen MR) is 61.4 cm³/mol. The first-order valence-electron chi connectivity index (χ1n) is 4.97. The number of nitrogens with two attached hydrogens (primary N) is 1. The van der Waals surface area contributed by atoms with E-state index in [2.05, 4.69) is 0 Å². The molecule has 2 rings (SSSR count). The van der Waals surface area contributed by atoms with Crippen molar-refractivity contribution in [3.8, 4) is 11.4 Å². The lowest BCUT2D eigenvalue weighted by molar-refractivity contribution is 0.340. The Morgan fingerprint density at radius 2 is 2.00 bits per heavy atom. The Morgan fingerprint density at radius 1 is 1.27 bits per heavy atom. The Labute approximate surface area is 89.1 Å². The van der Waals surface area contributed by atoms with Crippen LogP contribution in [0.1, 0.15) is 6.92 Å². The van der Waals surface area contributed by atoms with Crippen molar-refractivity contribution >= 4 is 5.69 Å². The van der Waals surface area contributed by atoms with Gasteiger partial charge in [0, 0.05) is 18.5 Å². The molecular weight excluding hydrogens is 188 g/mol. The maximum Gasteiger partial charge on any atom is 0.121 e. The van der Waals surface area contributed by atoms with Crippen LogP contribution in [0.2, 0.25) is 0 Å². The Morgan fingerprint density at radius 3 is 2.60 bits per heavy atom. The number of benzene rings is 1. The van der Waals surface area contributed by atoms with E-state index in [0.29, 0.717) is 6.61 Å². The van der Waals surface area contributed by atoms with Crippen molar-refractivity contribution in [2.45, 2.75) is 6.92 Å². The van der Waals surface area contributed by atoms with Crippen molar-refractivity contribution in [2.75, 3.05) is 12.3 Å². The minimum absolute atomic E-state index is 0.655. The fourth-order valence-corrected chi connectivity index (χ4v) is 1.52. The molecule has 3 heteroatoms.